The molecule has 1 saturated heterocycles. The van der Waals surface area contributed by atoms with Crippen LogP contribution in [0.3, 0.4) is 0 Å². The molecule has 0 aromatic heterocycles. The van der Waals surface area contributed by atoms with Crippen molar-refractivity contribution in [2.75, 3.05) is 26.2 Å². The largest absolute Gasteiger partial charge is 0.483 e. The average molecular weight is 300 g/mol. The molecule has 0 bridgehead atoms. The summed E-state index contributed by atoms with van der Waals surface area (Å²) in [6.07, 6.45) is -0.390. The maximum atomic E-state index is 11.9. The predicted molar refractivity (Wildman–Crippen MR) is 84.8 cm³/mol. The fraction of sp³-hybridized carbons (Fsp3) is 0.353. The first-order chi connectivity index (χ1) is 10.7. The summed E-state index contributed by atoms with van der Waals surface area (Å²) in [5.41, 5.74) is 0. The van der Waals surface area contributed by atoms with E-state index in [4.69, 9.17) is 4.74 Å². The molecule has 22 heavy (non-hydrogen) atoms. The molecule has 3 rings (SSSR count). The van der Waals surface area contributed by atoms with Gasteiger partial charge >= 0.3 is 0 Å². The summed E-state index contributed by atoms with van der Waals surface area (Å²) < 4.78 is 5.63. The number of hydrogen-bond donors (Lipinski definition) is 3. The lowest BCUT2D eigenvalue weighted by Gasteiger charge is -2.14. The molecule has 5 nitrogen and oxygen atoms in total. The van der Waals surface area contributed by atoms with Gasteiger partial charge in [0.15, 0.2) is 6.61 Å². The molecule has 2 aromatic rings. The van der Waals surface area contributed by atoms with Crippen LogP contribution in [0, 0.1) is 5.92 Å². The van der Waals surface area contributed by atoms with Crippen LogP contribution in [-0.4, -0.2) is 43.4 Å². The Labute approximate surface area is 129 Å². The third-order valence-electron chi connectivity index (χ3n) is 3.97. The van der Waals surface area contributed by atoms with Crippen LogP contribution in [-0.2, 0) is 4.79 Å². The number of aliphatic hydroxyl groups excluding tert-OH is 1. The summed E-state index contributed by atoms with van der Waals surface area (Å²) in [6.45, 7) is 1.76. The number of hydrogen-bond acceptors (Lipinski definition) is 4. The van der Waals surface area contributed by atoms with Gasteiger partial charge in [-0.3, -0.25) is 4.79 Å². The number of amides is 1. The zero-order valence-electron chi connectivity index (χ0n) is 12.3. The summed E-state index contributed by atoms with van der Waals surface area (Å²) in [6, 6.07) is 13.7. The molecule has 2 unspecified atom stereocenters. The second-order valence-electron chi connectivity index (χ2n) is 5.56. The lowest BCUT2D eigenvalue weighted by atomic mass is 10.1. The van der Waals surface area contributed by atoms with Gasteiger partial charge in [0.25, 0.3) is 5.91 Å². The van der Waals surface area contributed by atoms with Crippen LogP contribution < -0.4 is 15.4 Å². The lowest BCUT2D eigenvalue weighted by Crippen LogP contribution is -2.36. The van der Waals surface area contributed by atoms with Crippen molar-refractivity contribution in [1.29, 1.82) is 0 Å². The van der Waals surface area contributed by atoms with Crippen LogP contribution in [0.1, 0.15) is 0 Å². The Hall–Kier alpha value is -2.11. The normalized spacial score (nSPS) is 21.0. The fourth-order valence-corrected chi connectivity index (χ4v) is 2.69. The van der Waals surface area contributed by atoms with E-state index < -0.39 is 0 Å². The number of benzene rings is 2. The summed E-state index contributed by atoms with van der Waals surface area (Å²) >= 11 is 0. The van der Waals surface area contributed by atoms with Crippen molar-refractivity contribution in [3.05, 3.63) is 42.5 Å². The maximum Gasteiger partial charge on any atom is 0.257 e. The molecular weight excluding hydrogens is 280 g/mol. The maximum absolute atomic E-state index is 11.9. The number of β-amino-alcohol motifs (C(OH)–C–C–N with tert-alkyl or cyclic N) is 1. The lowest BCUT2D eigenvalue weighted by molar-refractivity contribution is -0.123. The summed E-state index contributed by atoms with van der Waals surface area (Å²) in [4.78, 5) is 11.9. The molecule has 0 saturated carbocycles. The Kier molecular flexibility index (Phi) is 4.56. The molecule has 0 spiro atoms. The topological polar surface area (TPSA) is 70.6 Å². The molecule has 1 heterocycles. The van der Waals surface area contributed by atoms with E-state index in [-0.39, 0.29) is 24.5 Å². The first-order valence-corrected chi connectivity index (χ1v) is 7.50. The van der Waals surface area contributed by atoms with Gasteiger partial charge < -0.3 is 20.5 Å². The molecule has 1 fully saturated rings. The van der Waals surface area contributed by atoms with Crippen LogP contribution in [0.2, 0.25) is 0 Å². The number of rotatable bonds is 5. The number of nitrogens with one attached hydrogen (secondary N) is 2. The molecule has 3 N–H and O–H groups in total. The van der Waals surface area contributed by atoms with Crippen LogP contribution in [0.15, 0.2) is 42.5 Å². The van der Waals surface area contributed by atoms with Crippen molar-refractivity contribution >= 4 is 16.7 Å². The van der Waals surface area contributed by atoms with E-state index in [0.29, 0.717) is 18.8 Å². The van der Waals surface area contributed by atoms with Gasteiger partial charge in [0.1, 0.15) is 5.75 Å². The van der Waals surface area contributed by atoms with E-state index in [2.05, 4.69) is 10.6 Å². The minimum atomic E-state index is -0.390. The van der Waals surface area contributed by atoms with Crippen LogP contribution in [0.5, 0.6) is 5.75 Å². The van der Waals surface area contributed by atoms with Gasteiger partial charge in [0.05, 0.1) is 6.10 Å². The first kappa shape index (κ1) is 14.8. The van der Waals surface area contributed by atoms with Crippen LogP contribution in [0.4, 0.5) is 0 Å². The van der Waals surface area contributed by atoms with E-state index in [0.717, 1.165) is 17.3 Å². The van der Waals surface area contributed by atoms with E-state index in [1.165, 1.54) is 0 Å². The van der Waals surface area contributed by atoms with Crippen molar-refractivity contribution in [2.24, 2.45) is 5.92 Å². The molecule has 0 aliphatic carbocycles. The van der Waals surface area contributed by atoms with Gasteiger partial charge in [-0.05, 0) is 11.5 Å². The van der Waals surface area contributed by atoms with E-state index in [1.54, 1.807) is 0 Å². The minimum Gasteiger partial charge on any atom is -0.483 e. The SMILES string of the molecule is O=C(COc1cccc2ccccc12)NCC1CNCC1O. The molecule has 2 atom stereocenters. The number of ether oxygens (including phenoxy) is 1. The summed E-state index contributed by atoms with van der Waals surface area (Å²) in [5, 5.41) is 17.7. The first-order valence-electron chi connectivity index (χ1n) is 7.50. The van der Waals surface area contributed by atoms with Crippen LogP contribution >= 0.6 is 0 Å². The third kappa shape index (κ3) is 3.37. The zero-order valence-corrected chi connectivity index (χ0v) is 12.3. The molecule has 1 amide bonds. The monoisotopic (exact) mass is 300 g/mol. The second-order valence-corrected chi connectivity index (χ2v) is 5.56. The number of carbonyl (C=O) groups excluding carboxylic acids is 1. The highest BCUT2D eigenvalue weighted by Gasteiger charge is 2.24. The van der Waals surface area contributed by atoms with Crippen molar-refractivity contribution in [1.82, 2.24) is 10.6 Å². The molecule has 2 aromatic carbocycles. The Balaban J connectivity index is 1.54. The van der Waals surface area contributed by atoms with Crippen LogP contribution in [0.25, 0.3) is 10.8 Å². The smallest absolute Gasteiger partial charge is 0.257 e. The van der Waals surface area contributed by atoms with Gasteiger partial charge in [0, 0.05) is 30.9 Å². The van der Waals surface area contributed by atoms with Gasteiger partial charge in [0.2, 0.25) is 0 Å². The number of fused-ring (bicyclic) bond motifs is 1. The van der Waals surface area contributed by atoms with Crippen molar-refractivity contribution in [3.63, 3.8) is 0 Å². The molecule has 5 heteroatoms. The number of carbonyl (C=O) groups is 1. The van der Waals surface area contributed by atoms with E-state index in [1.807, 2.05) is 42.5 Å². The highest BCUT2D eigenvalue weighted by Crippen LogP contribution is 2.24. The zero-order chi connectivity index (χ0) is 15.4. The van der Waals surface area contributed by atoms with Gasteiger partial charge in [-0.2, -0.15) is 0 Å². The van der Waals surface area contributed by atoms with Crippen molar-refractivity contribution in [3.8, 4) is 5.75 Å². The summed E-state index contributed by atoms with van der Waals surface area (Å²) in [7, 11) is 0. The highest BCUT2D eigenvalue weighted by molar-refractivity contribution is 5.88. The van der Waals surface area contributed by atoms with Crippen molar-refractivity contribution in [2.45, 2.75) is 6.10 Å². The highest BCUT2D eigenvalue weighted by atomic mass is 16.5. The van der Waals surface area contributed by atoms with E-state index >= 15 is 0 Å². The number of aliphatic hydroxyl groups is 1. The Morgan fingerprint density at radius 3 is 2.86 bits per heavy atom. The predicted octanol–water partition coefficient (Wildman–Crippen LogP) is 0.915. The van der Waals surface area contributed by atoms with Gasteiger partial charge in [-0.1, -0.05) is 36.4 Å². The average Bonchev–Trinajstić information content (AvgIpc) is 2.96. The fourth-order valence-electron chi connectivity index (χ4n) is 2.69. The third-order valence-corrected chi connectivity index (χ3v) is 3.97. The molecule has 1 aliphatic heterocycles. The Bertz CT molecular complexity index is 654. The van der Waals surface area contributed by atoms with Gasteiger partial charge in [-0.15, -0.1) is 0 Å². The minimum absolute atomic E-state index is 0.0236. The molecular formula is C17H20N2O3. The standard InChI is InChI=1S/C17H20N2O3/c20-15-10-18-8-13(15)9-19-17(21)11-22-16-7-3-5-12-4-1-2-6-14(12)16/h1-7,13,15,18,20H,8-11H2,(H,19,21). The molecule has 1 aliphatic rings. The second kappa shape index (κ2) is 6.77. The molecule has 0 radical (unpaired) electrons. The quantitative estimate of drug-likeness (QED) is 0.768. The summed E-state index contributed by atoms with van der Waals surface area (Å²) in [5.74, 6) is 0.601. The molecule has 116 valence electrons. The van der Waals surface area contributed by atoms with Crippen molar-refractivity contribution < 1.29 is 14.6 Å². The van der Waals surface area contributed by atoms with E-state index in [9.17, 15) is 9.90 Å². The Morgan fingerprint density at radius 2 is 2.05 bits per heavy atom. The van der Waals surface area contributed by atoms with Gasteiger partial charge in [-0.25, -0.2) is 0 Å². The Morgan fingerprint density at radius 1 is 1.23 bits per heavy atom.